The lowest BCUT2D eigenvalue weighted by Crippen LogP contribution is -2.78. The van der Waals surface area contributed by atoms with Crippen molar-refractivity contribution in [2.75, 3.05) is 13.1 Å². The van der Waals surface area contributed by atoms with Gasteiger partial charge in [-0.3, -0.25) is 26.0 Å². The Hall–Kier alpha value is -2.90. The van der Waals surface area contributed by atoms with Gasteiger partial charge in [-0.2, -0.15) is 5.10 Å². The van der Waals surface area contributed by atoms with Crippen molar-refractivity contribution in [2.45, 2.75) is 19.3 Å². The maximum absolute atomic E-state index is 12.0. The average molecular weight is 317 g/mol. The van der Waals surface area contributed by atoms with E-state index < -0.39 is 0 Å². The van der Waals surface area contributed by atoms with E-state index in [1.165, 1.54) is 0 Å². The van der Waals surface area contributed by atoms with Crippen molar-refractivity contribution in [3.8, 4) is 0 Å². The first kappa shape index (κ1) is 16.5. The highest BCUT2D eigenvalue weighted by atomic mass is 16.1. The van der Waals surface area contributed by atoms with Crippen LogP contribution in [0.15, 0.2) is 29.1 Å². The molecule has 1 amide bonds. The minimum absolute atomic E-state index is 0.124. The minimum Gasteiger partial charge on any atom is -0.356 e. The molecule has 2 rings (SSSR count). The van der Waals surface area contributed by atoms with E-state index in [4.69, 9.17) is 11.5 Å². The van der Waals surface area contributed by atoms with E-state index in [1.54, 1.807) is 18.2 Å². The molecule has 1 heterocycles. The van der Waals surface area contributed by atoms with E-state index in [2.05, 4.69) is 20.5 Å². The van der Waals surface area contributed by atoms with Crippen LogP contribution in [0, 0.1) is 0 Å². The number of amides is 1. The number of aromatic nitrogens is 2. The Labute approximate surface area is 133 Å². The number of hydrogen-bond acceptors (Lipinski definition) is 3. The van der Waals surface area contributed by atoms with Crippen molar-refractivity contribution in [1.82, 2.24) is 15.5 Å². The summed E-state index contributed by atoms with van der Waals surface area (Å²) in [5.74, 6) is 0.0672. The van der Waals surface area contributed by atoms with Crippen molar-refractivity contribution in [3.63, 3.8) is 0 Å². The molecule has 0 saturated heterocycles. The fraction of sp³-hybridized carbons (Fsp3) is 0.333. The number of nitrogens with zero attached hydrogens (tertiary/aromatic N) is 1. The molecule has 0 aliphatic heterocycles. The van der Waals surface area contributed by atoms with Gasteiger partial charge in [-0.15, -0.1) is 0 Å². The lowest BCUT2D eigenvalue weighted by Gasteiger charge is -2.06. The normalized spacial score (nSPS) is 10.4. The Morgan fingerprint density at radius 1 is 1.22 bits per heavy atom. The van der Waals surface area contributed by atoms with Gasteiger partial charge in [-0.1, -0.05) is 18.2 Å². The third kappa shape index (κ3) is 4.80. The van der Waals surface area contributed by atoms with Gasteiger partial charge in [-0.25, -0.2) is 5.10 Å². The number of carbonyl (C=O) groups excluding carboxylic acids is 1. The molecule has 0 fully saturated rings. The van der Waals surface area contributed by atoms with Gasteiger partial charge < -0.3 is 5.32 Å². The molecule has 0 bridgehead atoms. The highest BCUT2D eigenvalue weighted by Gasteiger charge is 2.10. The molecule has 0 saturated carbocycles. The smallest absolute Gasteiger partial charge is 0.338 e. The molecular formula is C15H21N6O2+. The second kappa shape index (κ2) is 7.92. The molecule has 8 heteroatoms. The third-order valence-corrected chi connectivity index (χ3v) is 3.36. The van der Waals surface area contributed by atoms with E-state index >= 15 is 0 Å². The first-order valence-corrected chi connectivity index (χ1v) is 7.42. The number of nitrogens with one attached hydrogen (secondary N) is 3. The number of unbranched alkanes of at least 4 members (excludes halogenated alkanes) is 1. The SMILES string of the molecule is NC(N)=[NH+]CCCCNC(=O)Cc1n[nH]c(=O)c2ccccc12. The fourth-order valence-corrected chi connectivity index (χ4v) is 2.23. The number of hydrogen-bond donors (Lipinski definition) is 5. The van der Waals surface area contributed by atoms with Crippen LogP contribution in [-0.4, -0.2) is 35.2 Å². The quantitative estimate of drug-likeness (QED) is 0.222. The Kier molecular flexibility index (Phi) is 5.67. The second-order valence-corrected chi connectivity index (χ2v) is 5.16. The zero-order valence-corrected chi connectivity index (χ0v) is 12.8. The molecule has 122 valence electrons. The average Bonchev–Trinajstić information content (AvgIpc) is 2.53. The Morgan fingerprint density at radius 3 is 2.70 bits per heavy atom. The molecule has 1 aromatic heterocycles. The van der Waals surface area contributed by atoms with Crippen LogP contribution in [0.2, 0.25) is 0 Å². The van der Waals surface area contributed by atoms with Crippen LogP contribution < -0.4 is 27.3 Å². The van der Waals surface area contributed by atoms with Crippen molar-refractivity contribution >= 4 is 22.6 Å². The maximum atomic E-state index is 12.0. The summed E-state index contributed by atoms with van der Waals surface area (Å²) in [5.41, 5.74) is 10.9. The molecule has 2 aromatic rings. The van der Waals surface area contributed by atoms with Gasteiger partial charge in [0.05, 0.1) is 24.0 Å². The molecule has 1 aromatic carbocycles. The van der Waals surface area contributed by atoms with Crippen LogP contribution in [-0.2, 0) is 11.2 Å². The molecular weight excluding hydrogens is 296 g/mol. The van der Waals surface area contributed by atoms with E-state index in [0.717, 1.165) is 12.8 Å². The monoisotopic (exact) mass is 317 g/mol. The van der Waals surface area contributed by atoms with E-state index in [-0.39, 0.29) is 23.8 Å². The lowest BCUT2D eigenvalue weighted by molar-refractivity contribution is -0.459. The maximum Gasteiger partial charge on any atom is 0.338 e. The number of aromatic amines is 1. The van der Waals surface area contributed by atoms with Gasteiger partial charge in [0.25, 0.3) is 5.56 Å². The predicted octanol–water partition coefficient (Wildman–Crippen LogP) is -2.28. The van der Waals surface area contributed by atoms with Crippen molar-refractivity contribution in [3.05, 3.63) is 40.3 Å². The molecule has 8 nitrogen and oxygen atoms in total. The number of carbonyl (C=O) groups is 1. The largest absolute Gasteiger partial charge is 0.356 e. The molecule has 7 N–H and O–H groups in total. The summed E-state index contributed by atoms with van der Waals surface area (Å²) in [6.45, 7) is 1.23. The topological polar surface area (TPSA) is 141 Å². The van der Waals surface area contributed by atoms with Crippen LogP contribution in [0.5, 0.6) is 0 Å². The van der Waals surface area contributed by atoms with Gasteiger partial charge in [0.1, 0.15) is 0 Å². The zero-order valence-electron chi connectivity index (χ0n) is 12.8. The van der Waals surface area contributed by atoms with Gasteiger partial charge in [-0.05, 0) is 18.9 Å². The summed E-state index contributed by atoms with van der Waals surface area (Å²) >= 11 is 0. The second-order valence-electron chi connectivity index (χ2n) is 5.16. The zero-order chi connectivity index (χ0) is 16.7. The van der Waals surface area contributed by atoms with E-state index in [9.17, 15) is 9.59 Å². The number of fused-ring (bicyclic) bond motifs is 1. The molecule has 0 radical (unpaired) electrons. The number of H-pyrrole nitrogens is 1. The molecule has 0 unspecified atom stereocenters. The number of nitrogens with two attached hydrogens (primary N) is 2. The first-order chi connectivity index (χ1) is 11.1. The standard InChI is InChI=1S/C15H20N6O2/c16-15(17)19-8-4-3-7-18-13(22)9-12-10-5-1-2-6-11(10)14(23)21-20-12/h1-2,5-6H,3-4,7-9H2,(H,18,22)(H,21,23)(H4,16,17,19)/p+1. The Morgan fingerprint density at radius 2 is 1.96 bits per heavy atom. The summed E-state index contributed by atoms with van der Waals surface area (Å²) in [6.07, 6.45) is 1.78. The molecule has 0 aliphatic rings. The van der Waals surface area contributed by atoms with Crippen molar-refractivity contribution in [1.29, 1.82) is 0 Å². The van der Waals surface area contributed by atoms with Crippen LogP contribution in [0.3, 0.4) is 0 Å². The van der Waals surface area contributed by atoms with Gasteiger partial charge >= 0.3 is 5.96 Å². The Balaban J connectivity index is 1.88. The highest BCUT2D eigenvalue weighted by molar-refractivity contribution is 5.88. The van der Waals surface area contributed by atoms with E-state index in [0.29, 0.717) is 29.6 Å². The molecule has 0 aliphatic carbocycles. The van der Waals surface area contributed by atoms with Gasteiger partial charge in [0.15, 0.2) is 0 Å². The number of guanidine groups is 1. The number of rotatable bonds is 7. The third-order valence-electron chi connectivity index (χ3n) is 3.36. The lowest BCUT2D eigenvalue weighted by atomic mass is 10.1. The van der Waals surface area contributed by atoms with Crippen molar-refractivity contribution in [2.24, 2.45) is 11.5 Å². The Bertz CT molecular complexity index is 764. The van der Waals surface area contributed by atoms with Crippen LogP contribution in [0.1, 0.15) is 18.5 Å². The summed E-state index contributed by atoms with van der Waals surface area (Å²) < 4.78 is 0. The van der Waals surface area contributed by atoms with Crippen LogP contribution in [0.25, 0.3) is 10.8 Å². The summed E-state index contributed by atoms with van der Waals surface area (Å²) in [6, 6.07) is 7.10. The minimum atomic E-state index is -0.256. The first-order valence-electron chi connectivity index (χ1n) is 7.42. The molecule has 0 spiro atoms. The molecule has 0 atom stereocenters. The van der Waals surface area contributed by atoms with Crippen LogP contribution >= 0.6 is 0 Å². The van der Waals surface area contributed by atoms with E-state index in [1.807, 2.05) is 6.07 Å². The predicted molar refractivity (Wildman–Crippen MR) is 87.5 cm³/mol. The van der Waals surface area contributed by atoms with Crippen molar-refractivity contribution < 1.29 is 9.79 Å². The summed E-state index contributed by atoms with van der Waals surface area (Å²) in [4.78, 5) is 26.5. The summed E-state index contributed by atoms with van der Waals surface area (Å²) in [7, 11) is 0. The van der Waals surface area contributed by atoms with Gasteiger partial charge in [0, 0.05) is 11.9 Å². The highest BCUT2D eigenvalue weighted by Crippen LogP contribution is 2.12. The fourth-order valence-electron chi connectivity index (χ4n) is 2.23. The van der Waals surface area contributed by atoms with Gasteiger partial charge in [0.2, 0.25) is 5.91 Å². The van der Waals surface area contributed by atoms with Crippen LogP contribution in [0.4, 0.5) is 0 Å². The molecule has 23 heavy (non-hydrogen) atoms. The summed E-state index contributed by atoms with van der Waals surface area (Å²) in [5, 5.41) is 10.5. The number of benzene rings is 1.